The fourth-order valence-electron chi connectivity index (χ4n) is 2.00. The highest BCUT2D eigenvalue weighted by Gasteiger charge is 2.13. The first kappa shape index (κ1) is 14.6. The molecule has 1 aromatic rings. The molecule has 0 spiro atoms. The summed E-state index contributed by atoms with van der Waals surface area (Å²) in [5.74, 6) is -0.108. The summed E-state index contributed by atoms with van der Waals surface area (Å²) in [6, 6.07) is 6.30. The number of pyridine rings is 1. The van der Waals surface area contributed by atoms with Crippen molar-refractivity contribution >= 4 is 5.91 Å². The van der Waals surface area contributed by atoms with Crippen molar-refractivity contribution in [1.82, 2.24) is 15.2 Å². The fourth-order valence-corrected chi connectivity index (χ4v) is 2.00. The van der Waals surface area contributed by atoms with Crippen LogP contribution in [-0.2, 0) is 0 Å². The van der Waals surface area contributed by atoms with Gasteiger partial charge in [-0.25, -0.2) is 0 Å². The van der Waals surface area contributed by atoms with Crippen LogP contribution in [0.4, 0.5) is 0 Å². The molecule has 4 heteroatoms. The van der Waals surface area contributed by atoms with Crippen LogP contribution in [0.15, 0.2) is 24.4 Å². The van der Waals surface area contributed by atoms with Gasteiger partial charge >= 0.3 is 0 Å². The molecule has 0 aromatic carbocycles. The zero-order valence-corrected chi connectivity index (χ0v) is 11.7. The molecule has 1 aromatic heterocycles. The Hall–Kier alpha value is -1.42. The third-order valence-electron chi connectivity index (χ3n) is 2.88. The molecule has 0 aliphatic rings. The SMILES string of the molecule is CC(C)N(CCNC(=O)c1ccccn1)C(C)C. The van der Waals surface area contributed by atoms with Crippen LogP contribution in [0.2, 0.25) is 0 Å². The lowest BCUT2D eigenvalue weighted by Gasteiger charge is -2.30. The number of carbonyl (C=O) groups is 1. The van der Waals surface area contributed by atoms with E-state index in [1.807, 2.05) is 6.07 Å². The maximum absolute atomic E-state index is 11.8. The Morgan fingerprint density at radius 1 is 1.28 bits per heavy atom. The van der Waals surface area contributed by atoms with Crippen LogP contribution in [-0.4, -0.2) is 41.0 Å². The summed E-state index contributed by atoms with van der Waals surface area (Å²) in [4.78, 5) is 18.1. The van der Waals surface area contributed by atoms with E-state index >= 15 is 0 Å². The maximum Gasteiger partial charge on any atom is 0.269 e. The molecule has 1 rings (SSSR count). The number of nitrogens with zero attached hydrogens (tertiary/aromatic N) is 2. The van der Waals surface area contributed by atoms with Gasteiger partial charge in [-0.1, -0.05) is 6.07 Å². The number of rotatable bonds is 6. The Balaban J connectivity index is 2.40. The van der Waals surface area contributed by atoms with Gasteiger partial charge in [0.1, 0.15) is 5.69 Å². The van der Waals surface area contributed by atoms with E-state index in [4.69, 9.17) is 0 Å². The molecule has 4 nitrogen and oxygen atoms in total. The van der Waals surface area contributed by atoms with Crippen molar-refractivity contribution in [3.63, 3.8) is 0 Å². The molecule has 100 valence electrons. The normalized spacial score (nSPS) is 11.3. The zero-order valence-electron chi connectivity index (χ0n) is 11.7. The minimum Gasteiger partial charge on any atom is -0.349 e. The molecule has 1 heterocycles. The molecule has 0 saturated heterocycles. The quantitative estimate of drug-likeness (QED) is 0.838. The fraction of sp³-hybridized carbons (Fsp3) is 0.571. The first-order valence-electron chi connectivity index (χ1n) is 6.47. The van der Waals surface area contributed by atoms with Crippen LogP contribution >= 0.6 is 0 Å². The second kappa shape index (κ2) is 7.11. The summed E-state index contributed by atoms with van der Waals surface area (Å²) < 4.78 is 0. The van der Waals surface area contributed by atoms with Crippen molar-refractivity contribution < 1.29 is 4.79 Å². The number of amides is 1. The summed E-state index contributed by atoms with van der Waals surface area (Å²) in [5, 5.41) is 2.90. The minimum atomic E-state index is -0.108. The molecular formula is C14H23N3O. The van der Waals surface area contributed by atoms with E-state index < -0.39 is 0 Å². The van der Waals surface area contributed by atoms with Crippen LogP contribution in [0, 0.1) is 0 Å². The highest BCUT2D eigenvalue weighted by atomic mass is 16.1. The average Bonchev–Trinajstić information content (AvgIpc) is 2.34. The van der Waals surface area contributed by atoms with Crippen molar-refractivity contribution in [3.8, 4) is 0 Å². The summed E-state index contributed by atoms with van der Waals surface area (Å²) in [7, 11) is 0. The third-order valence-corrected chi connectivity index (χ3v) is 2.88. The lowest BCUT2D eigenvalue weighted by atomic mass is 10.2. The van der Waals surface area contributed by atoms with Gasteiger partial charge in [0.25, 0.3) is 5.91 Å². The number of hydrogen-bond acceptors (Lipinski definition) is 3. The van der Waals surface area contributed by atoms with Crippen LogP contribution < -0.4 is 5.32 Å². The lowest BCUT2D eigenvalue weighted by molar-refractivity contribution is 0.0934. The van der Waals surface area contributed by atoms with Crippen LogP contribution in [0.25, 0.3) is 0 Å². The molecule has 0 fully saturated rings. The van der Waals surface area contributed by atoms with Gasteiger partial charge in [-0.2, -0.15) is 0 Å². The largest absolute Gasteiger partial charge is 0.349 e. The standard InChI is InChI=1S/C14H23N3O/c1-11(2)17(12(3)4)10-9-16-14(18)13-7-5-6-8-15-13/h5-8,11-12H,9-10H2,1-4H3,(H,16,18). The predicted molar refractivity (Wildman–Crippen MR) is 73.5 cm³/mol. The second-order valence-electron chi connectivity index (χ2n) is 4.90. The van der Waals surface area contributed by atoms with E-state index in [1.54, 1.807) is 18.3 Å². The maximum atomic E-state index is 11.8. The van der Waals surface area contributed by atoms with Gasteiger partial charge in [0.05, 0.1) is 0 Å². The van der Waals surface area contributed by atoms with Crippen LogP contribution in [0.5, 0.6) is 0 Å². The molecule has 0 unspecified atom stereocenters. The molecule has 18 heavy (non-hydrogen) atoms. The first-order valence-corrected chi connectivity index (χ1v) is 6.47. The van der Waals surface area contributed by atoms with Gasteiger partial charge in [-0.15, -0.1) is 0 Å². The zero-order chi connectivity index (χ0) is 13.5. The van der Waals surface area contributed by atoms with Gasteiger partial charge < -0.3 is 5.32 Å². The van der Waals surface area contributed by atoms with Crippen LogP contribution in [0.3, 0.4) is 0 Å². The van der Waals surface area contributed by atoms with Crippen molar-refractivity contribution in [1.29, 1.82) is 0 Å². The van der Waals surface area contributed by atoms with E-state index in [1.165, 1.54) is 0 Å². The Labute approximate surface area is 109 Å². The van der Waals surface area contributed by atoms with E-state index in [2.05, 4.69) is 42.9 Å². The topological polar surface area (TPSA) is 45.2 Å². The van der Waals surface area contributed by atoms with Gasteiger partial charge in [0, 0.05) is 31.4 Å². The Morgan fingerprint density at radius 2 is 1.94 bits per heavy atom. The Morgan fingerprint density at radius 3 is 2.44 bits per heavy atom. The van der Waals surface area contributed by atoms with E-state index in [0.29, 0.717) is 24.3 Å². The number of nitrogens with one attached hydrogen (secondary N) is 1. The van der Waals surface area contributed by atoms with Gasteiger partial charge in [0.2, 0.25) is 0 Å². The smallest absolute Gasteiger partial charge is 0.269 e. The summed E-state index contributed by atoms with van der Waals surface area (Å²) in [6.07, 6.45) is 1.63. The van der Waals surface area contributed by atoms with Gasteiger partial charge in [-0.3, -0.25) is 14.7 Å². The monoisotopic (exact) mass is 249 g/mol. The van der Waals surface area contributed by atoms with Gasteiger partial charge in [0.15, 0.2) is 0 Å². The molecule has 0 aliphatic heterocycles. The number of carbonyl (C=O) groups excluding carboxylic acids is 1. The van der Waals surface area contributed by atoms with E-state index in [0.717, 1.165) is 6.54 Å². The molecular weight excluding hydrogens is 226 g/mol. The Bertz CT molecular complexity index is 355. The average molecular weight is 249 g/mol. The molecule has 0 bridgehead atoms. The second-order valence-corrected chi connectivity index (χ2v) is 4.90. The summed E-state index contributed by atoms with van der Waals surface area (Å²) >= 11 is 0. The highest BCUT2D eigenvalue weighted by molar-refractivity contribution is 5.92. The van der Waals surface area contributed by atoms with Crippen molar-refractivity contribution in [2.45, 2.75) is 39.8 Å². The summed E-state index contributed by atoms with van der Waals surface area (Å²) in [6.45, 7) is 10.2. The van der Waals surface area contributed by atoms with E-state index in [-0.39, 0.29) is 5.91 Å². The third kappa shape index (κ3) is 4.45. The minimum absolute atomic E-state index is 0.108. The number of aromatic nitrogens is 1. The lowest BCUT2D eigenvalue weighted by Crippen LogP contribution is -2.42. The predicted octanol–water partition coefficient (Wildman–Crippen LogP) is 1.93. The number of hydrogen-bond donors (Lipinski definition) is 1. The van der Waals surface area contributed by atoms with Crippen molar-refractivity contribution in [2.24, 2.45) is 0 Å². The molecule has 0 radical (unpaired) electrons. The van der Waals surface area contributed by atoms with Crippen molar-refractivity contribution in [2.75, 3.05) is 13.1 Å². The molecule has 1 N–H and O–H groups in total. The molecule has 0 aliphatic carbocycles. The molecule has 0 saturated carbocycles. The van der Waals surface area contributed by atoms with Crippen molar-refractivity contribution in [3.05, 3.63) is 30.1 Å². The van der Waals surface area contributed by atoms with E-state index in [9.17, 15) is 4.79 Å². The van der Waals surface area contributed by atoms with Gasteiger partial charge in [-0.05, 0) is 39.8 Å². The first-order chi connectivity index (χ1) is 8.52. The molecule has 0 atom stereocenters. The highest BCUT2D eigenvalue weighted by Crippen LogP contribution is 2.03. The van der Waals surface area contributed by atoms with Crippen LogP contribution in [0.1, 0.15) is 38.2 Å². The Kier molecular flexibility index (Phi) is 5.78. The summed E-state index contributed by atoms with van der Waals surface area (Å²) in [5.41, 5.74) is 0.471. The molecule has 1 amide bonds.